The predicted molar refractivity (Wildman–Crippen MR) is 128 cm³/mol. The number of ketones is 1. The first-order chi connectivity index (χ1) is 15.3. The van der Waals surface area contributed by atoms with E-state index < -0.39 is 41.0 Å². The van der Waals surface area contributed by atoms with Crippen molar-refractivity contribution in [2.75, 3.05) is 0 Å². The zero-order valence-corrected chi connectivity index (χ0v) is 21.4. The van der Waals surface area contributed by atoms with E-state index in [1.165, 1.54) is 25.0 Å². The van der Waals surface area contributed by atoms with Crippen molar-refractivity contribution in [1.29, 1.82) is 0 Å². The van der Waals surface area contributed by atoms with Crippen LogP contribution in [0.15, 0.2) is 12.2 Å². The van der Waals surface area contributed by atoms with Crippen LogP contribution >= 0.6 is 0 Å². The Hall–Kier alpha value is -0.750. The van der Waals surface area contributed by atoms with Crippen LogP contribution in [0.3, 0.4) is 0 Å². The van der Waals surface area contributed by atoms with Crippen LogP contribution in [0.25, 0.3) is 0 Å². The summed E-state index contributed by atoms with van der Waals surface area (Å²) in [4.78, 5) is 13.3. The lowest BCUT2D eigenvalue weighted by molar-refractivity contribution is -0.241. The van der Waals surface area contributed by atoms with Crippen LogP contribution in [-0.2, 0) is 4.79 Å². The predicted octanol–water partition coefficient (Wildman–Crippen LogP) is 3.73. The van der Waals surface area contributed by atoms with Crippen molar-refractivity contribution >= 4 is 5.78 Å². The number of carbonyl (C=O) groups is 1. The fourth-order valence-electron chi connectivity index (χ4n) is 8.86. The first-order valence-electron chi connectivity index (χ1n) is 13.3. The van der Waals surface area contributed by atoms with Crippen LogP contribution < -0.4 is 0 Å². The molecule has 0 aromatic rings. The van der Waals surface area contributed by atoms with Crippen molar-refractivity contribution in [1.82, 2.24) is 0 Å². The minimum Gasteiger partial charge on any atom is -0.393 e. The number of fused-ring (bicyclic) bond motifs is 5. The lowest BCUT2D eigenvalue weighted by atomic mass is 9.42. The third-order valence-electron chi connectivity index (χ3n) is 11.2. The largest absolute Gasteiger partial charge is 0.393 e. The number of aliphatic hydroxyl groups is 4. The second-order valence-corrected chi connectivity index (χ2v) is 13.0. The van der Waals surface area contributed by atoms with Gasteiger partial charge in [-0.25, -0.2) is 0 Å². The monoisotopic (exact) mass is 462 g/mol. The molecule has 4 unspecified atom stereocenters. The molecule has 33 heavy (non-hydrogen) atoms. The molecule has 4 rings (SSSR count). The van der Waals surface area contributed by atoms with E-state index in [1.54, 1.807) is 6.92 Å². The zero-order valence-electron chi connectivity index (χ0n) is 21.4. The van der Waals surface area contributed by atoms with Crippen molar-refractivity contribution in [2.24, 2.45) is 52.3 Å². The molecule has 0 bridgehead atoms. The number of hydrogen-bond acceptors (Lipinski definition) is 5. The summed E-state index contributed by atoms with van der Waals surface area (Å²) in [5, 5.41) is 44.5. The van der Waals surface area contributed by atoms with E-state index in [9.17, 15) is 25.2 Å². The maximum absolute atomic E-state index is 13.3. The van der Waals surface area contributed by atoms with E-state index in [1.807, 2.05) is 0 Å². The maximum atomic E-state index is 13.3. The first kappa shape index (κ1) is 25.3. The molecule has 3 saturated carbocycles. The van der Waals surface area contributed by atoms with E-state index >= 15 is 0 Å². The molecule has 0 spiro atoms. The fraction of sp³-hybridized carbons (Fsp3) is 0.893. The number of hydrogen-bond donors (Lipinski definition) is 4. The Balaban J connectivity index is 1.63. The lowest BCUT2D eigenvalue weighted by Crippen LogP contribution is -2.73. The van der Waals surface area contributed by atoms with Gasteiger partial charge in [0.2, 0.25) is 0 Å². The molecule has 3 fully saturated rings. The molecule has 0 radical (unpaired) electrons. The van der Waals surface area contributed by atoms with Gasteiger partial charge in [0.1, 0.15) is 11.7 Å². The van der Waals surface area contributed by atoms with Gasteiger partial charge in [-0.1, -0.05) is 53.5 Å². The Labute approximate surface area is 199 Å². The summed E-state index contributed by atoms with van der Waals surface area (Å²) in [5.41, 5.74) is -3.20. The van der Waals surface area contributed by atoms with Crippen molar-refractivity contribution in [2.45, 2.75) is 104 Å². The minimum atomic E-state index is -1.75. The van der Waals surface area contributed by atoms with Gasteiger partial charge < -0.3 is 20.4 Å². The Morgan fingerprint density at radius 3 is 2.36 bits per heavy atom. The smallest absolute Gasteiger partial charge is 0.174 e. The summed E-state index contributed by atoms with van der Waals surface area (Å²) in [6.07, 6.45) is 5.11. The molecule has 5 nitrogen and oxygen atoms in total. The molecule has 4 aliphatic rings. The highest BCUT2D eigenvalue weighted by Gasteiger charge is 2.71. The summed E-state index contributed by atoms with van der Waals surface area (Å²) in [6.45, 7) is 13.3. The van der Waals surface area contributed by atoms with Crippen LogP contribution in [-0.4, -0.2) is 50.1 Å². The van der Waals surface area contributed by atoms with Crippen LogP contribution in [0, 0.1) is 52.3 Å². The van der Waals surface area contributed by atoms with E-state index in [0.717, 1.165) is 12.8 Å². The molecule has 0 saturated heterocycles. The van der Waals surface area contributed by atoms with Gasteiger partial charge in [0, 0.05) is 5.92 Å². The van der Waals surface area contributed by atoms with Gasteiger partial charge in [0.05, 0.1) is 17.6 Å². The van der Waals surface area contributed by atoms with Crippen LogP contribution in [0.2, 0.25) is 0 Å². The van der Waals surface area contributed by atoms with Crippen LogP contribution in [0.4, 0.5) is 0 Å². The molecule has 4 aliphatic carbocycles. The van der Waals surface area contributed by atoms with Gasteiger partial charge in [-0.3, -0.25) is 4.79 Å². The Morgan fingerprint density at radius 2 is 1.73 bits per heavy atom. The molecule has 0 aromatic carbocycles. The van der Waals surface area contributed by atoms with E-state index in [4.69, 9.17) is 0 Å². The molecule has 0 aromatic heterocycles. The van der Waals surface area contributed by atoms with Crippen LogP contribution in [0.5, 0.6) is 0 Å². The van der Waals surface area contributed by atoms with E-state index in [-0.39, 0.29) is 11.3 Å². The summed E-state index contributed by atoms with van der Waals surface area (Å²) < 4.78 is 0. The maximum Gasteiger partial charge on any atom is 0.174 e. The van der Waals surface area contributed by atoms with Gasteiger partial charge in [0.15, 0.2) is 5.78 Å². The Kier molecular flexibility index (Phi) is 6.47. The number of carbonyl (C=O) groups excluding carboxylic acids is 1. The average Bonchev–Trinajstić information content (AvgIpc) is 3.08. The summed E-state index contributed by atoms with van der Waals surface area (Å²) in [6, 6.07) is 0. The highest BCUT2D eigenvalue weighted by molar-refractivity contribution is 5.93. The van der Waals surface area contributed by atoms with E-state index in [0.29, 0.717) is 42.4 Å². The molecule has 12 atom stereocenters. The third-order valence-corrected chi connectivity index (χ3v) is 11.2. The van der Waals surface area contributed by atoms with Crippen LogP contribution in [0.1, 0.15) is 80.1 Å². The highest BCUT2D eigenvalue weighted by atomic mass is 16.3. The molecule has 0 aliphatic heterocycles. The van der Waals surface area contributed by atoms with Crippen molar-refractivity contribution in [3.63, 3.8) is 0 Å². The second kappa shape index (κ2) is 8.43. The SMILES string of the molecule is CC(C)[C@@H](C)CC[C@@H](C)[C@H]1CCC2C3C[C@@H](O)[C@@]4(O)C=C[C@@H](O)C(=O)[C@]4(C)C3C(O)C[C@@]21C. The van der Waals surface area contributed by atoms with E-state index in [2.05, 4.69) is 34.6 Å². The Bertz CT molecular complexity index is 793. The second-order valence-electron chi connectivity index (χ2n) is 13.0. The standard InChI is InChI=1S/C28H46O5/c1-15(2)16(3)7-8-17(4)19-9-10-20-18-13-23(31)28(33)12-11-21(29)25(32)27(28,6)24(18)22(30)14-26(19,20)5/h11-12,15-24,29-31,33H,7-10,13-14H2,1-6H3/t16-,17+,18?,19+,20?,21+,22?,23+,24?,26+,27-,28-/m0/s1. The van der Waals surface area contributed by atoms with Crippen molar-refractivity contribution in [3.8, 4) is 0 Å². The molecule has 0 amide bonds. The highest BCUT2D eigenvalue weighted by Crippen LogP contribution is 2.68. The molecule has 0 heterocycles. The van der Waals surface area contributed by atoms with Gasteiger partial charge in [-0.2, -0.15) is 0 Å². The molecular formula is C28H46O5. The van der Waals surface area contributed by atoms with Gasteiger partial charge in [-0.05, 0) is 79.6 Å². The molecule has 5 heteroatoms. The van der Waals surface area contributed by atoms with Gasteiger partial charge in [-0.15, -0.1) is 0 Å². The van der Waals surface area contributed by atoms with Gasteiger partial charge in [0.25, 0.3) is 0 Å². The van der Waals surface area contributed by atoms with Gasteiger partial charge >= 0.3 is 0 Å². The third kappa shape index (κ3) is 3.51. The summed E-state index contributed by atoms with van der Waals surface area (Å²) >= 11 is 0. The summed E-state index contributed by atoms with van der Waals surface area (Å²) in [7, 11) is 0. The normalized spacial score (nSPS) is 51.1. The fourth-order valence-corrected chi connectivity index (χ4v) is 8.86. The van der Waals surface area contributed by atoms with Crippen molar-refractivity contribution < 1.29 is 25.2 Å². The number of aliphatic hydroxyl groups excluding tert-OH is 3. The first-order valence-corrected chi connectivity index (χ1v) is 13.3. The molecule has 4 N–H and O–H groups in total. The quantitative estimate of drug-likeness (QED) is 0.467. The molecular weight excluding hydrogens is 416 g/mol. The lowest BCUT2D eigenvalue weighted by Gasteiger charge is -2.64. The minimum absolute atomic E-state index is 0.0429. The Morgan fingerprint density at radius 1 is 1.06 bits per heavy atom. The number of rotatable bonds is 5. The zero-order chi connectivity index (χ0) is 24.5. The molecule has 188 valence electrons. The average molecular weight is 463 g/mol. The number of Topliss-reactive ketones (excluding diaryl/α,β-unsaturated/α-hetero) is 1. The summed E-state index contributed by atoms with van der Waals surface area (Å²) in [5.74, 6) is 1.76. The topological polar surface area (TPSA) is 98.0 Å². The van der Waals surface area contributed by atoms with Crippen molar-refractivity contribution in [3.05, 3.63) is 12.2 Å².